The summed E-state index contributed by atoms with van der Waals surface area (Å²) in [6, 6.07) is 5.10. The molecule has 0 saturated heterocycles. The quantitative estimate of drug-likeness (QED) is 0.871. The van der Waals surface area contributed by atoms with Gasteiger partial charge < -0.3 is 5.73 Å². The molecule has 0 aliphatic heterocycles. The minimum Gasteiger partial charge on any atom is -0.326 e. The molecule has 6 nitrogen and oxygen atoms in total. The van der Waals surface area contributed by atoms with Gasteiger partial charge in [-0.1, -0.05) is 12.1 Å². The molecule has 0 radical (unpaired) electrons. The van der Waals surface area contributed by atoms with Crippen LogP contribution in [-0.4, -0.2) is 18.4 Å². The van der Waals surface area contributed by atoms with Gasteiger partial charge in [-0.2, -0.15) is 0 Å². The molecule has 1 aromatic carbocycles. The second kappa shape index (κ2) is 5.33. The molecule has 100 valence electrons. The summed E-state index contributed by atoms with van der Waals surface area (Å²) in [6.07, 6.45) is 4.23. The van der Waals surface area contributed by atoms with E-state index in [1.54, 1.807) is 25.1 Å². The first-order chi connectivity index (χ1) is 9.03. The van der Waals surface area contributed by atoms with E-state index in [4.69, 9.17) is 5.73 Å². The average Bonchev–Trinajstić information content (AvgIpc) is 2.39. The zero-order valence-electron chi connectivity index (χ0n) is 10.4. The number of benzene rings is 1. The van der Waals surface area contributed by atoms with E-state index >= 15 is 0 Å². The van der Waals surface area contributed by atoms with Crippen LogP contribution in [0.3, 0.4) is 0 Å². The summed E-state index contributed by atoms with van der Waals surface area (Å²) in [5, 5.41) is 0. The normalized spacial score (nSPS) is 11.3. The lowest BCUT2D eigenvalue weighted by Crippen LogP contribution is -2.16. The Bertz CT molecular complexity index is 671. The van der Waals surface area contributed by atoms with Crippen molar-refractivity contribution in [3.05, 3.63) is 47.9 Å². The highest BCUT2D eigenvalue weighted by Gasteiger charge is 2.17. The average molecular weight is 278 g/mol. The van der Waals surface area contributed by atoms with Crippen molar-refractivity contribution in [3.8, 4) is 0 Å². The summed E-state index contributed by atoms with van der Waals surface area (Å²) >= 11 is 0. The van der Waals surface area contributed by atoms with E-state index in [1.807, 2.05) is 0 Å². The van der Waals surface area contributed by atoms with E-state index in [0.717, 1.165) is 5.56 Å². The fraction of sp³-hybridized carbons (Fsp3) is 0.167. The Hall–Kier alpha value is -1.99. The molecule has 0 spiro atoms. The number of nitrogens with two attached hydrogens (primary N) is 1. The van der Waals surface area contributed by atoms with Crippen molar-refractivity contribution in [1.29, 1.82) is 0 Å². The lowest BCUT2D eigenvalue weighted by Gasteiger charge is -2.10. The minimum atomic E-state index is -3.68. The highest BCUT2D eigenvalue weighted by molar-refractivity contribution is 7.92. The number of hydrogen-bond donors (Lipinski definition) is 2. The molecule has 1 aromatic heterocycles. The molecular weight excluding hydrogens is 264 g/mol. The van der Waals surface area contributed by atoms with Crippen LogP contribution >= 0.6 is 0 Å². The van der Waals surface area contributed by atoms with Crippen LogP contribution < -0.4 is 10.5 Å². The molecule has 2 aromatic rings. The lowest BCUT2D eigenvalue weighted by molar-refractivity contribution is 0.600. The highest BCUT2D eigenvalue weighted by Crippen LogP contribution is 2.19. The number of nitrogens with one attached hydrogen (secondary N) is 1. The van der Waals surface area contributed by atoms with E-state index in [2.05, 4.69) is 14.7 Å². The number of nitrogens with zero attached hydrogens (tertiary/aromatic N) is 2. The third-order valence-corrected chi connectivity index (χ3v) is 4.08. The molecule has 0 unspecified atom stereocenters. The molecule has 0 aliphatic rings. The largest absolute Gasteiger partial charge is 0.326 e. The van der Waals surface area contributed by atoms with E-state index in [9.17, 15) is 8.42 Å². The van der Waals surface area contributed by atoms with Crippen LogP contribution in [0.15, 0.2) is 41.7 Å². The molecule has 7 heteroatoms. The molecule has 0 bridgehead atoms. The second-order valence-corrected chi connectivity index (χ2v) is 5.65. The molecule has 1 heterocycles. The fourth-order valence-electron chi connectivity index (χ4n) is 1.61. The third kappa shape index (κ3) is 3.07. The van der Waals surface area contributed by atoms with Crippen molar-refractivity contribution >= 4 is 15.8 Å². The number of aryl methyl sites for hydroxylation is 1. The fourth-order valence-corrected chi connectivity index (χ4v) is 2.89. The summed E-state index contributed by atoms with van der Waals surface area (Å²) in [4.78, 5) is 7.89. The van der Waals surface area contributed by atoms with Gasteiger partial charge in [-0.05, 0) is 24.1 Å². The Labute approximate surface area is 111 Å². The Morgan fingerprint density at radius 1 is 1.32 bits per heavy atom. The summed E-state index contributed by atoms with van der Waals surface area (Å²) in [7, 11) is -3.68. The summed E-state index contributed by atoms with van der Waals surface area (Å²) in [5.41, 5.74) is 6.93. The predicted octanol–water partition coefficient (Wildman–Crippen LogP) is 1.04. The van der Waals surface area contributed by atoms with Gasteiger partial charge in [0.25, 0.3) is 10.0 Å². The van der Waals surface area contributed by atoms with E-state index in [1.165, 1.54) is 18.6 Å². The number of sulfonamides is 1. The van der Waals surface area contributed by atoms with Gasteiger partial charge in [0.15, 0.2) is 5.82 Å². The molecule has 0 aliphatic carbocycles. The van der Waals surface area contributed by atoms with Gasteiger partial charge in [-0.25, -0.2) is 13.4 Å². The lowest BCUT2D eigenvalue weighted by atomic mass is 10.1. The predicted molar refractivity (Wildman–Crippen MR) is 71.9 cm³/mol. The summed E-state index contributed by atoms with van der Waals surface area (Å²) in [5.74, 6) is 0.181. The van der Waals surface area contributed by atoms with Crippen LogP contribution in [-0.2, 0) is 16.6 Å². The van der Waals surface area contributed by atoms with Crippen LogP contribution in [0, 0.1) is 6.92 Å². The first kappa shape index (κ1) is 13.4. The van der Waals surface area contributed by atoms with Gasteiger partial charge >= 0.3 is 0 Å². The van der Waals surface area contributed by atoms with Crippen molar-refractivity contribution in [2.75, 3.05) is 4.72 Å². The van der Waals surface area contributed by atoms with E-state index < -0.39 is 10.0 Å². The highest BCUT2D eigenvalue weighted by atomic mass is 32.2. The van der Waals surface area contributed by atoms with Crippen molar-refractivity contribution in [2.45, 2.75) is 18.4 Å². The molecule has 2 rings (SSSR count). The Morgan fingerprint density at radius 2 is 2.11 bits per heavy atom. The smallest absolute Gasteiger partial charge is 0.263 e. The van der Waals surface area contributed by atoms with Crippen molar-refractivity contribution in [3.63, 3.8) is 0 Å². The van der Waals surface area contributed by atoms with Crippen molar-refractivity contribution in [1.82, 2.24) is 9.97 Å². The van der Waals surface area contributed by atoms with E-state index in [-0.39, 0.29) is 17.3 Å². The molecule has 19 heavy (non-hydrogen) atoms. The zero-order valence-corrected chi connectivity index (χ0v) is 11.2. The molecule has 3 N–H and O–H groups in total. The topological polar surface area (TPSA) is 98.0 Å². The van der Waals surface area contributed by atoms with Gasteiger partial charge in [0, 0.05) is 18.9 Å². The Morgan fingerprint density at radius 3 is 2.74 bits per heavy atom. The SMILES string of the molecule is Cc1ccc(CN)cc1S(=O)(=O)Nc1cnccn1. The first-order valence-corrected chi connectivity index (χ1v) is 7.09. The van der Waals surface area contributed by atoms with Crippen LogP contribution in [0.5, 0.6) is 0 Å². The second-order valence-electron chi connectivity index (χ2n) is 4.00. The minimum absolute atomic E-state index is 0.181. The van der Waals surface area contributed by atoms with Gasteiger partial charge in [-0.15, -0.1) is 0 Å². The standard InChI is InChI=1S/C12H14N4O2S/c1-9-2-3-10(7-13)6-11(9)19(17,18)16-12-8-14-4-5-15-12/h2-6,8H,7,13H2,1H3,(H,15,16). The number of rotatable bonds is 4. The molecule has 0 amide bonds. The first-order valence-electron chi connectivity index (χ1n) is 5.61. The molecule has 0 atom stereocenters. The van der Waals surface area contributed by atoms with Gasteiger partial charge in [0.05, 0.1) is 11.1 Å². The maximum atomic E-state index is 12.3. The monoisotopic (exact) mass is 278 g/mol. The molecule has 0 saturated carbocycles. The summed E-state index contributed by atoms with van der Waals surface area (Å²) < 4.78 is 26.9. The van der Waals surface area contributed by atoms with Gasteiger partial charge in [0.2, 0.25) is 0 Å². The Balaban J connectivity index is 2.39. The van der Waals surface area contributed by atoms with Gasteiger partial charge in [0.1, 0.15) is 0 Å². The van der Waals surface area contributed by atoms with Gasteiger partial charge in [-0.3, -0.25) is 9.71 Å². The Kier molecular flexibility index (Phi) is 3.77. The maximum Gasteiger partial charge on any atom is 0.263 e. The van der Waals surface area contributed by atoms with E-state index in [0.29, 0.717) is 5.56 Å². The molecular formula is C12H14N4O2S. The van der Waals surface area contributed by atoms with Crippen LogP contribution in [0.25, 0.3) is 0 Å². The number of aromatic nitrogens is 2. The number of hydrogen-bond acceptors (Lipinski definition) is 5. The van der Waals surface area contributed by atoms with Crippen LogP contribution in [0.2, 0.25) is 0 Å². The third-order valence-electron chi connectivity index (χ3n) is 2.58. The zero-order chi connectivity index (χ0) is 13.9. The maximum absolute atomic E-state index is 12.3. The van der Waals surface area contributed by atoms with Crippen molar-refractivity contribution < 1.29 is 8.42 Å². The molecule has 0 fully saturated rings. The summed E-state index contributed by atoms with van der Waals surface area (Å²) in [6.45, 7) is 2.01. The van der Waals surface area contributed by atoms with Crippen molar-refractivity contribution in [2.24, 2.45) is 5.73 Å². The van der Waals surface area contributed by atoms with Crippen LogP contribution in [0.1, 0.15) is 11.1 Å². The van der Waals surface area contributed by atoms with Crippen LogP contribution in [0.4, 0.5) is 5.82 Å². The number of anilines is 1.